The van der Waals surface area contributed by atoms with Gasteiger partial charge in [0.2, 0.25) is 5.88 Å². The van der Waals surface area contributed by atoms with Crippen molar-refractivity contribution in [1.29, 1.82) is 0 Å². The lowest BCUT2D eigenvalue weighted by atomic mass is 9.97. The third-order valence-electron chi connectivity index (χ3n) is 4.45. The van der Waals surface area contributed by atoms with E-state index in [4.69, 9.17) is 4.74 Å². The minimum absolute atomic E-state index is 0.0237. The summed E-state index contributed by atoms with van der Waals surface area (Å²) in [4.78, 5) is 16.3. The number of rotatable bonds is 4. The van der Waals surface area contributed by atoms with Gasteiger partial charge in [-0.1, -0.05) is 12.1 Å². The minimum atomic E-state index is -0.163. The zero-order valence-electron chi connectivity index (χ0n) is 14.0. The van der Waals surface area contributed by atoms with E-state index in [2.05, 4.69) is 10.3 Å². The standard InChI is InChI=1S/C19H22N2O3/c1-12-9-13(2)21-19(23)17(12)10-20-18(22)15-5-3-14(4-6-15)16-7-8-24-11-16/h3-6,9,16H,7-8,10-11H2,1-2H3,(H,20,22)(H,21,23). The first-order valence-electron chi connectivity index (χ1n) is 8.16. The Hall–Kier alpha value is -2.40. The number of hydrogen-bond acceptors (Lipinski definition) is 4. The number of aromatic hydroxyl groups is 1. The number of nitrogens with zero attached hydrogens (tertiary/aromatic N) is 1. The second kappa shape index (κ2) is 7.01. The molecule has 1 aromatic carbocycles. The van der Waals surface area contributed by atoms with E-state index in [1.54, 1.807) is 0 Å². The summed E-state index contributed by atoms with van der Waals surface area (Å²) in [6.07, 6.45) is 1.03. The number of hydrogen-bond donors (Lipinski definition) is 2. The molecule has 2 N–H and O–H groups in total. The summed E-state index contributed by atoms with van der Waals surface area (Å²) in [6, 6.07) is 9.54. The Bertz CT molecular complexity index is 712. The van der Waals surface area contributed by atoms with Crippen molar-refractivity contribution >= 4 is 5.91 Å². The van der Waals surface area contributed by atoms with Crippen LogP contribution in [0.3, 0.4) is 0 Å². The van der Waals surface area contributed by atoms with Crippen LogP contribution in [0.2, 0.25) is 0 Å². The van der Waals surface area contributed by atoms with Gasteiger partial charge in [0.15, 0.2) is 0 Å². The van der Waals surface area contributed by atoms with E-state index in [0.29, 0.717) is 17.0 Å². The largest absolute Gasteiger partial charge is 0.493 e. The van der Waals surface area contributed by atoms with E-state index in [1.165, 1.54) is 5.56 Å². The topological polar surface area (TPSA) is 71.5 Å². The molecule has 126 valence electrons. The molecule has 5 nitrogen and oxygen atoms in total. The van der Waals surface area contributed by atoms with E-state index in [0.717, 1.165) is 30.9 Å². The van der Waals surface area contributed by atoms with Gasteiger partial charge >= 0.3 is 0 Å². The number of aryl methyl sites for hydroxylation is 2. The quantitative estimate of drug-likeness (QED) is 0.906. The molecule has 0 aliphatic carbocycles. The average molecular weight is 326 g/mol. The van der Waals surface area contributed by atoms with Gasteiger partial charge in [0.05, 0.1) is 6.61 Å². The Morgan fingerprint density at radius 1 is 1.33 bits per heavy atom. The zero-order chi connectivity index (χ0) is 17.1. The number of carbonyl (C=O) groups is 1. The summed E-state index contributed by atoms with van der Waals surface area (Å²) >= 11 is 0. The zero-order valence-corrected chi connectivity index (χ0v) is 14.0. The Balaban J connectivity index is 1.65. The lowest BCUT2D eigenvalue weighted by Gasteiger charge is -2.11. The second-order valence-electron chi connectivity index (χ2n) is 6.25. The Labute approximate surface area is 141 Å². The van der Waals surface area contributed by atoms with Crippen molar-refractivity contribution < 1.29 is 14.6 Å². The lowest BCUT2D eigenvalue weighted by molar-refractivity contribution is 0.0950. The van der Waals surface area contributed by atoms with E-state index in [9.17, 15) is 9.90 Å². The smallest absolute Gasteiger partial charge is 0.251 e. The number of benzene rings is 1. The highest BCUT2D eigenvalue weighted by atomic mass is 16.5. The molecule has 0 spiro atoms. The number of ether oxygens (including phenoxy) is 1. The van der Waals surface area contributed by atoms with Crippen LogP contribution in [-0.2, 0) is 11.3 Å². The molecule has 1 aromatic heterocycles. The fraction of sp³-hybridized carbons (Fsp3) is 0.368. The van der Waals surface area contributed by atoms with Crippen LogP contribution in [0.25, 0.3) is 0 Å². The Morgan fingerprint density at radius 2 is 2.08 bits per heavy atom. The highest BCUT2D eigenvalue weighted by molar-refractivity contribution is 5.94. The van der Waals surface area contributed by atoms with Gasteiger partial charge in [0.25, 0.3) is 5.91 Å². The van der Waals surface area contributed by atoms with Crippen LogP contribution >= 0.6 is 0 Å². The van der Waals surface area contributed by atoms with Gasteiger partial charge in [-0.05, 0) is 49.6 Å². The van der Waals surface area contributed by atoms with Crippen molar-refractivity contribution in [3.8, 4) is 5.88 Å². The summed E-state index contributed by atoms with van der Waals surface area (Å²) in [5.74, 6) is 0.244. The van der Waals surface area contributed by atoms with Gasteiger partial charge in [0, 0.05) is 35.9 Å². The highest BCUT2D eigenvalue weighted by Crippen LogP contribution is 2.25. The SMILES string of the molecule is Cc1cc(C)c(CNC(=O)c2ccc(C3CCOC3)cc2)c(O)n1. The predicted molar refractivity (Wildman–Crippen MR) is 91.2 cm³/mol. The highest BCUT2D eigenvalue weighted by Gasteiger charge is 2.18. The number of aromatic nitrogens is 1. The minimum Gasteiger partial charge on any atom is -0.493 e. The molecule has 0 saturated carbocycles. The molecule has 2 heterocycles. The molecule has 1 atom stereocenters. The first kappa shape index (κ1) is 16.5. The van der Waals surface area contributed by atoms with Crippen molar-refractivity contribution in [2.45, 2.75) is 32.7 Å². The molecular weight excluding hydrogens is 304 g/mol. The Morgan fingerprint density at radius 3 is 2.71 bits per heavy atom. The normalized spacial score (nSPS) is 17.0. The number of amides is 1. The second-order valence-corrected chi connectivity index (χ2v) is 6.25. The first-order valence-corrected chi connectivity index (χ1v) is 8.16. The van der Waals surface area contributed by atoms with Gasteiger partial charge in [-0.25, -0.2) is 4.98 Å². The molecule has 1 amide bonds. The van der Waals surface area contributed by atoms with E-state index >= 15 is 0 Å². The fourth-order valence-electron chi connectivity index (χ4n) is 3.04. The Kier molecular flexibility index (Phi) is 4.81. The van der Waals surface area contributed by atoms with Gasteiger partial charge in [-0.3, -0.25) is 4.79 Å². The molecule has 0 radical (unpaired) electrons. The molecule has 1 unspecified atom stereocenters. The van der Waals surface area contributed by atoms with Crippen molar-refractivity contribution in [3.63, 3.8) is 0 Å². The summed E-state index contributed by atoms with van der Waals surface area (Å²) in [5, 5.41) is 12.8. The van der Waals surface area contributed by atoms with Gasteiger partial charge < -0.3 is 15.2 Å². The van der Waals surface area contributed by atoms with Crippen molar-refractivity contribution in [2.24, 2.45) is 0 Å². The molecule has 2 aromatic rings. The van der Waals surface area contributed by atoms with Crippen LogP contribution in [0.5, 0.6) is 5.88 Å². The van der Waals surface area contributed by atoms with Crippen LogP contribution in [0.15, 0.2) is 30.3 Å². The summed E-state index contributed by atoms with van der Waals surface area (Å²) in [6.45, 7) is 5.53. The third-order valence-corrected chi connectivity index (χ3v) is 4.45. The molecule has 1 aliphatic heterocycles. The maximum Gasteiger partial charge on any atom is 0.251 e. The molecule has 24 heavy (non-hydrogen) atoms. The summed E-state index contributed by atoms with van der Waals surface area (Å²) in [5.41, 5.74) is 4.13. The summed E-state index contributed by atoms with van der Waals surface area (Å²) < 4.78 is 5.40. The molecule has 1 saturated heterocycles. The lowest BCUT2D eigenvalue weighted by Crippen LogP contribution is -2.23. The molecular formula is C19H22N2O3. The van der Waals surface area contributed by atoms with Crippen LogP contribution in [0.4, 0.5) is 0 Å². The van der Waals surface area contributed by atoms with Crippen LogP contribution in [0, 0.1) is 13.8 Å². The van der Waals surface area contributed by atoms with Gasteiger partial charge in [-0.2, -0.15) is 0 Å². The van der Waals surface area contributed by atoms with Crippen molar-refractivity contribution in [3.05, 3.63) is 58.3 Å². The van der Waals surface area contributed by atoms with Crippen LogP contribution < -0.4 is 5.32 Å². The molecule has 1 aliphatic rings. The molecule has 3 rings (SSSR count). The molecule has 5 heteroatoms. The van der Waals surface area contributed by atoms with Crippen molar-refractivity contribution in [1.82, 2.24) is 10.3 Å². The number of carbonyl (C=O) groups excluding carboxylic acids is 1. The van der Waals surface area contributed by atoms with Crippen LogP contribution in [0.1, 0.15) is 45.1 Å². The monoisotopic (exact) mass is 326 g/mol. The summed E-state index contributed by atoms with van der Waals surface area (Å²) in [7, 11) is 0. The van der Waals surface area contributed by atoms with Gasteiger partial charge in [-0.15, -0.1) is 0 Å². The van der Waals surface area contributed by atoms with E-state index in [-0.39, 0.29) is 18.3 Å². The molecule has 0 bridgehead atoms. The maximum absolute atomic E-state index is 12.3. The third kappa shape index (κ3) is 3.57. The number of nitrogens with one attached hydrogen (secondary N) is 1. The van der Waals surface area contributed by atoms with Gasteiger partial charge in [0.1, 0.15) is 0 Å². The van der Waals surface area contributed by atoms with Crippen molar-refractivity contribution in [2.75, 3.05) is 13.2 Å². The predicted octanol–water partition coefficient (Wildman–Crippen LogP) is 2.84. The maximum atomic E-state index is 12.3. The van der Waals surface area contributed by atoms with E-state index in [1.807, 2.05) is 44.2 Å². The average Bonchev–Trinajstić information content (AvgIpc) is 3.08. The fourth-order valence-corrected chi connectivity index (χ4v) is 3.04. The van der Waals surface area contributed by atoms with Crippen LogP contribution in [-0.4, -0.2) is 29.2 Å². The molecule has 1 fully saturated rings. The first-order chi connectivity index (χ1) is 11.5. The number of pyridine rings is 1. The van der Waals surface area contributed by atoms with E-state index < -0.39 is 0 Å².